The summed E-state index contributed by atoms with van der Waals surface area (Å²) < 4.78 is 3.63. The van der Waals surface area contributed by atoms with E-state index in [9.17, 15) is 9.59 Å². The molecule has 0 radical (unpaired) electrons. The number of carbonyl (C=O) groups is 1. The molecule has 2 aromatic heterocycles. The number of likely N-dealkylation sites (tertiary alicyclic amines) is 1. The highest BCUT2D eigenvalue weighted by molar-refractivity contribution is 5.79. The largest absolute Gasteiger partial charge is 0.339 e. The van der Waals surface area contributed by atoms with Gasteiger partial charge in [-0.25, -0.2) is 9.97 Å². The second-order valence-corrected chi connectivity index (χ2v) is 7.49. The fourth-order valence-electron chi connectivity index (χ4n) is 4.27. The molecule has 1 atom stereocenters. The van der Waals surface area contributed by atoms with Gasteiger partial charge in [0.25, 0.3) is 5.56 Å². The van der Waals surface area contributed by atoms with Crippen molar-refractivity contribution in [3.05, 3.63) is 71.0 Å². The van der Waals surface area contributed by atoms with Gasteiger partial charge < -0.3 is 9.47 Å². The smallest absolute Gasteiger partial charge is 0.261 e. The maximum Gasteiger partial charge on any atom is 0.261 e. The number of benzene rings is 2. The van der Waals surface area contributed by atoms with Crippen molar-refractivity contribution in [2.24, 2.45) is 0 Å². The third-order valence-corrected chi connectivity index (χ3v) is 5.69. The highest BCUT2D eigenvalue weighted by Gasteiger charge is 2.29. The molecule has 1 saturated heterocycles. The van der Waals surface area contributed by atoms with Gasteiger partial charge in [0.15, 0.2) is 0 Å². The number of hydrogen-bond donors (Lipinski definition) is 0. The van der Waals surface area contributed by atoms with E-state index >= 15 is 0 Å². The number of imidazole rings is 1. The first-order valence-electron chi connectivity index (χ1n) is 9.77. The Balaban J connectivity index is 1.36. The average Bonchev–Trinajstić information content (AvgIpc) is 3.33. The number of aromatic nitrogens is 4. The first kappa shape index (κ1) is 17.6. The number of rotatable bonds is 3. The predicted octanol–water partition coefficient (Wildman–Crippen LogP) is 2.53. The van der Waals surface area contributed by atoms with Crippen LogP contribution in [0.2, 0.25) is 0 Å². The Labute approximate surface area is 167 Å². The molecular formula is C22H21N5O2. The van der Waals surface area contributed by atoms with Crippen LogP contribution in [0.25, 0.3) is 21.9 Å². The van der Waals surface area contributed by atoms with Crippen LogP contribution in [-0.4, -0.2) is 43.0 Å². The zero-order chi connectivity index (χ0) is 20.0. The minimum Gasteiger partial charge on any atom is -0.339 e. The van der Waals surface area contributed by atoms with E-state index in [1.54, 1.807) is 18.2 Å². The molecule has 7 heteroatoms. The van der Waals surface area contributed by atoms with Gasteiger partial charge in [-0.15, -0.1) is 0 Å². The minimum absolute atomic E-state index is 0.00699. The Morgan fingerprint density at radius 1 is 1.10 bits per heavy atom. The topological polar surface area (TPSA) is 73.0 Å². The summed E-state index contributed by atoms with van der Waals surface area (Å²) in [6.07, 6.45) is 2.33. The zero-order valence-electron chi connectivity index (χ0n) is 16.2. The van der Waals surface area contributed by atoms with E-state index in [1.807, 2.05) is 36.1 Å². The second kappa shape index (κ2) is 6.84. The van der Waals surface area contributed by atoms with E-state index < -0.39 is 0 Å². The van der Waals surface area contributed by atoms with E-state index in [0.717, 1.165) is 23.3 Å². The molecule has 2 aromatic carbocycles. The fourth-order valence-corrected chi connectivity index (χ4v) is 4.27. The molecule has 1 aliphatic heterocycles. The number of amides is 1. The molecule has 0 unspecified atom stereocenters. The van der Waals surface area contributed by atoms with Gasteiger partial charge >= 0.3 is 0 Å². The van der Waals surface area contributed by atoms with Crippen LogP contribution in [-0.2, 0) is 11.3 Å². The van der Waals surface area contributed by atoms with Gasteiger partial charge in [-0.2, -0.15) is 0 Å². The molecule has 0 saturated carbocycles. The van der Waals surface area contributed by atoms with Gasteiger partial charge in [0.1, 0.15) is 12.4 Å². The molecule has 7 nitrogen and oxygen atoms in total. The van der Waals surface area contributed by atoms with Gasteiger partial charge in [-0.3, -0.25) is 14.2 Å². The molecule has 0 aliphatic carbocycles. The van der Waals surface area contributed by atoms with Crippen molar-refractivity contribution < 1.29 is 4.79 Å². The number of hydrogen-bond acceptors (Lipinski definition) is 4. The first-order chi connectivity index (χ1) is 14.1. The van der Waals surface area contributed by atoms with Gasteiger partial charge in [-0.1, -0.05) is 24.3 Å². The highest BCUT2D eigenvalue weighted by atomic mass is 16.2. The summed E-state index contributed by atoms with van der Waals surface area (Å²) in [6, 6.07) is 15.5. The predicted molar refractivity (Wildman–Crippen MR) is 111 cm³/mol. The molecule has 5 rings (SSSR count). The fraction of sp³-hybridized carbons (Fsp3) is 0.273. The Hall–Kier alpha value is -3.48. The summed E-state index contributed by atoms with van der Waals surface area (Å²) in [7, 11) is 0. The van der Waals surface area contributed by atoms with Crippen LogP contribution in [0.4, 0.5) is 0 Å². The van der Waals surface area contributed by atoms with E-state index in [4.69, 9.17) is 0 Å². The Bertz CT molecular complexity index is 1290. The van der Waals surface area contributed by atoms with Crippen LogP contribution in [0.3, 0.4) is 0 Å². The van der Waals surface area contributed by atoms with Crippen molar-refractivity contribution in [3.8, 4) is 0 Å². The minimum atomic E-state index is -0.184. The monoisotopic (exact) mass is 387 g/mol. The third kappa shape index (κ3) is 2.99. The van der Waals surface area contributed by atoms with Gasteiger partial charge in [0.05, 0.1) is 34.3 Å². The van der Waals surface area contributed by atoms with Gasteiger partial charge in [0, 0.05) is 13.1 Å². The van der Waals surface area contributed by atoms with E-state index in [1.165, 1.54) is 10.9 Å². The maximum atomic E-state index is 12.9. The molecule has 1 fully saturated rings. The number of nitrogens with zero attached hydrogens (tertiary/aromatic N) is 5. The summed E-state index contributed by atoms with van der Waals surface area (Å²) in [6.45, 7) is 3.30. The van der Waals surface area contributed by atoms with Crippen LogP contribution >= 0.6 is 0 Å². The number of aryl methyl sites for hydroxylation is 1. The molecule has 0 spiro atoms. The third-order valence-electron chi connectivity index (χ3n) is 5.69. The van der Waals surface area contributed by atoms with Crippen molar-refractivity contribution in [2.75, 3.05) is 13.1 Å². The van der Waals surface area contributed by atoms with Gasteiger partial charge in [0.2, 0.25) is 5.91 Å². The Morgan fingerprint density at radius 2 is 1.86 bits per heavy atom. The maximum absolute atomic E-state index is 12.9. The van der Waals surface area contributed by atoms with Crippen molar-refractivity contribution in [1.82, 2.24) is 24.0 Å². The molecule has 1 aliphatic rings. The summed E-state index contributed by atoms with van der Waals surface area (Å²) in [5.41, 5.74) is 2.53. The molecule has 3 heterocycles. The van der Waals surface area contributed by atoms with Crippen molar-refractivity contribution in [2.45, 2.75) is 25.9 Å². The average molecular weight is 387 g/mol. The summed E-state index contributed by atoms with van der Waals surface area (Å²) in [5.74, 6) is 0.897. The van der Waals surface area contributed by atoms with E-state index in [2.05, 4.69) is 20.6 Å². The lowest BCUT2D eigenvalue weighted by atomic mass is 10.2. The van der Waals surface area contributed by atoms with Crippen molar-refractivity contribution in [1.29, 1.82) is 0 Å². The number of carbonyl (C=O) groups excluding carboxylic acids is 1. The van der Waals surface area contributed by atoms with Crippen LogP contribution in [0.15, 0.2) is 59.7 Å². The summed E-state index contributed by atoms with van der Waals surface area (Å²) in [4.78, 5) is 36.3. The molecule has 1 amide bonds. The normalized spacial score (nSPS) is 16.7. The second-order valence-electron chi connectivity index (χ2n) is 7.49. The lowest BCUT2D eigenvalue weighted by Crippen LogP contribution is -2.35. The SMILES string of the molecule is Cc1nc2ccccc2n1[C@H]1CCN(C(=O)Cn2cnc3ccccc3c2=O)C1. The molecule has 29 heavy (non-hydrogen) atoms. The zero-order valence-corrected chi connectivity index (χ0v) is 16.2. The lowest BCUT2D eigenvalue weighted by Gasteiger charge is -2.19. The van der Waals surface area contributed by atoms with E-state index in [0.29, 0.717) is 24.0 Å². The highest BCUT2D eigenvalue weighted by Crippen LogP contribution is 2.28. The molecule has 0 N–H and O–H groups in total. The van der Waals surface area contributed by atoms with E-state index in [-0.39, 0.29) is 24.1 Å². The first-order valence-corrected chi connectivity index (χ1v) is 9.77. The number of para-hydroxylation sites is 3. The molecular weight excluding hydrogens is 366 g/mol. The van der Waals surface area contributed by atoms with Crippen LogP contribution in [0.1, 0.15) is 18.3 Å². The standard InChI is InChI=1S/C22H21N5O2/c1-15-24-19-8-4-5-9-20(19)27(15)16-10-11-25(12-16)21(28)13-26-14-23-18-7-3-2-6-17(18)22(26)29/h2-9,14,16H,10-13H2,1H3/t16-/m0/s1. The number of fused-ring (bicyclic) bond motifs is 2. The molecule has 0 bridgehead atoms. The summed E-state index contributed by atoms with van der Waals surface area (Å²) in [5, 5.41) is 0.530. The molecule has 146 valence electrons. The van der Waals surface area contributed by atoms with Crippen LogP contribution in [0.5, 0.6) is 0 Å². The summed E-state index contributed by atoms with van der Waals surface area (Å²) >= 11 is 0. The van der Waals surface area contributed by atoms with Gasteiger partial charge in [-0.05, 0) is 37.6 Å². The quantitative estimate of drug-likeness (QED) is 0.542. The Kier molecular flexibility index (Phi) is 4.16. The van der Waals surface area contributed by atoms with Crippen molar-refractivity contribution >= 4 is 27.8 Å². The van der Waals surface area contributed by atoms with Crippen LogP contribution < -0.4 is 5.56 Å². The van der Waals surface area contributed by atoms with Crippen molar-refractivity contribution in [3.63, 3.8) is 0 Å². The molecule has 4 aromatic rings. The van der Waals surface area contributed by atoms with Crippen LogP contribution in [0, 0.1) is 6.92 Å². The Morgan fingerprint density at radius 3 is 2.72 bits per heavy atom. The lowest BCUT2D eigenvalue weighted by molar-refractivity contribution is -0.130.